The topological polar surface area (TPSA) is 33.3 Å². The molecule has 1 fully saturated rings. The summed E-state index contributed by atoms with van der Waals surface area (Å²) in [6, 6.07) is 8.80. The van der Waals surface area contributed by atoms with Crippen molar-refractivity contribution in [2.75, 3.05) is 13.7 Å². The second-order valence-corrected chi connectivity index (χ2v) is 5.69. The summed E-state index contributed by atoms with van der Waals surface area (Å²) in [5, 5.41) is 7.19. The van der Waals surface area contributed by atoms with Gasteiger partial charge in [-0.3, -0.25) is 0 Å². The first-order valence-corrected chi connectivity index (χ1v) is 6.71. The highest BCUT2D eigenvalue weighted by Crippen LogP contribution is 2.21. The molecule has 2 rings (SSSR count). The van der Waals surface area contributed by atoms with Crippen LogP contribution in [0.5, 0.6) is 5.75 Å². The summed E-state index contributed by atoms with van der Waals surface area (Å²) in [7, 11) is 1.73. The minimum Gasteiger partial charge on any atom is -0.496 e. The number of nitrogens with one attached hydrogen (secondary N) is 2. The minimum atomic E-state index is 0.247. The lowest BCUT2D eigenvalue weighted by molar-refractivity contribution is 0.247. The second-order valence-electron chi connectivity index (χ2n) is 5.69. The fourth-order valence-electron chi connectivity index (χ4n) is 2.65. The molecule has 2 N–H and O–H groups in total. The van der Waals surface area contributed by atoms with Crippen LogP contribution < -0.4 is 15.4 Å². The Morgan fingerprint density at radius 3 is 2.89 bits per heavy atom. The van der Waals surface area contributed by atoms with Gasteiger partial charge in [-0.05, 0) is 39.3 Å². The molecule has 1 atom stereocenters. The van der Waals surface area contributed by atoms with Gasteiger partial charge in [0.05, 0.1) is 7.11 Å². The molecule has 1 heterocycles. The van der Waals surface area contributed by atoms with E-state index in [9.17, 15) is 0 Å². The van der Waals surface area contributed by atoms with Gasteiger partial charge in [-0.25, -0.2) is 0 Å². The molecule has 0 saturated carbocycles. The Balaban J connectivity index is 1.91. The van der Waals surface area contributed by atoms with E-state index in [-0.39, 0.29) is 5.54 Å². The van der Waals surface area contributed by atoms with Crippen LogP contribution in [0.3, 0.4) is 0 Å². The Hall–Kier alpha value is -1.06. The highest BCUT2D eigenvalue weighted by molar-refractivity contribution is 5.33. The predicted molar refractivity (Wildman–Crippen MR) is 74.9 cm³/mol. The molecule has 0 bridgehead atoms. The SMILES string of the molecule is COc1ccccc1CNC1CCNC(C)(C)C1. The van der Waals surface area contributed by atoms with Crippen LogP contribution in [-0.4, -0.2) is 25.2 Å². The number of benzene rings is 1. The molecule has 18 heavy (non-hydrogen) atoms. The van der Waals surface area contributed by atoms with Crippen molar-refractivity contribution in [3.63, 3.8) is 0 Å². The zero-order valence-corrected chi connectivity index (χ0v) is 11.6. The molecule has 1 aromatic carbocycles. The zero-order valence-electron chi connectivity index (χ0n) is 11.6. The van der Waals surface area contributed by atoms with Crippen LogP contribution in [0.2, 0.25) is 0 Å². The third-order valence-corrected chi connectivity index (χ3v) is 3.63. The number of rotatable bonds is 4. The lowest BCUT2D eigenvalue weighted by atomic mass is 9.89. The van der Waals surface area contributed by atoms with E-state index in [2.05, 4.69) is 36.6 Å². The van der Waals surface area contributed by atoms with Crippen LogP contribution in [0.25, 0.3) is 0 Å². The van der Waals surface area contributed by atoms with Gasteiger partial charge in [0.15, 0.2) is 0 Å². The maximum atomic E-state index is 5.37. The summed E-state index contributed by atoms with van der Waals surface area (Å²) >= 11 is 0. The van der Waals surface area contributed by atoms with Gasteiger partial charge >= 0.3 is 0 Å². The van der Waals surface area contributed by atoms with E-state index in [4.69, 9.17) is 4.74 Å². The van der Waals surface area contributed by atoms with Gasteiger partial charge < -0.3 is 15.4 Å². The molecule has 1 unspecified atom stereocenters. The van der Waals surface area contributed by atoms with Gasteiger partial charge in [0.1, 0.15) is 5.75 Å². The highest BCUT2D eigenvalue weighted by Gasteiger charge is 2.26. The average molecular weight is 248 g/mol. The standard InChI is InChI=1S/C15H24N2O/c1-15(2)10-13(8-9-17-15)16-11-12-6-4-5-7-14(12)18-3/h4-7,13,16-17H,8-11H2,1-3H3. The third-order valence-electron chi connectivity index (χ3n) is 3.63. The Bertz CT molecular complexity index is 390. The molecule has 100 valence electrons. The van der Waals surface area contributed by atoms with Crippen LogP contribution in [0.15, 0.2) is 24.3 Å². The van der Waals surface area contributed by atoms with E-state index >= 15 is 0 Å². The molecule has 0 amide bonds. The molecule has 0 aliphatic carbocycles. The van der Waals surface area contributed by atoms with E-state index in [0.717, 1.165) is 18.8 Å². The molecular weight excluding hydrogens is 224 g/mol. The molecular formula is C15H24N2O. The van der Waals surface area contributed by atoms with Crippen LogP contribution in [0.4, 0.5) is 0 Å². The summed E-state index contributed by atoms with van der Waals surface area (Å²) < 4.78 is 5.37. The van der Waals surface area contributed by atoms with E-state index < -0.39 is 0 Å². The maximum Gasteiger partial charge on any atom is 0.123 e. The third kappa shape index (κ3) is 3.47. The minimum absolute atomic E-state index is 0.247. The summed E-state index contributed by atoms with van der Waals surface area (Å²) in [5.41, 5.74) is 1.48. The van der Waals surface area contributed by atoms with Crippen LogP contribution >= 0.6 is 0 Å². The van der Waals surface area contributed by atoms with E-state index in [1.807, 2.05) is 12.1 Å². The van der Waals surface area contributed by atoms with Crippen molar-refractivity contribution in [1.82, 2.24) is 10.6 Å². The van der Waals surface area contributed by atoms with Crippen LogP contribution in [0, 0.1) is 0 Å². The number of hydrogen-bond donors (Lipinski definition) is 2. The quantitative estimate of drug-likeness (QED) is 0.858. The first-order chi connectivity index (χ1) is 8.61. The van der Waals surface area contributed by atoms with Crippen LogP contribution in [-0.2, 0) is 6.54 Å². The van der Waals surface area contributed by atoms with Gasteiger partial charge in [-0.1, -0.05) is 18.2 Å². The molecule has 3 heteroatoms. The molecule has 0 aromatic heterocycles. The van der Waals surface area contributed by atoms with Crippen molar-refractivity contribution in [2.24, 2.45) is 0 Å². The average Bonchev–Trinajstić information content (AvgIpc) is 2.35. The number of piperidine rings is 1. The van der Waals surface area contributed by atoms with Gasteiger partial charge in [0.2, 0.25) is 0 Å². The number of para-hydroxylation sites is 1. The lowest BCUT2D eigenvalue weighted by Crippen LogP contribution is -2.51. The van der Waals surface area contributed by atoms with E-state index in [1.54, 1.807) is 7.11 Å². The van der Waals surface area contributed by atoms with Crippen molar-refractivity contribution in [2.45, 2.75) is 44.8 Å². The van der Waals surface area contributed by atoms with Gasteiger partial charge in [-0.15, -0.1) is 0 Å². The smallest absolute Gasteiger partial charge is 0.123 e. The van der Waals surface area contributed by atoms with E-state index in [0.29, 0.717) is 6.04 Å². The van der Waals surface area contributed by atoms with Crippen molar-refractivity contribution in [1.29, 1.82) is 0 Å². The van der Waals surface area contributed by atoms with Gasteiger partial charge in [0.25, 0.3) is 0 Å². The molecule has 1 aromatic rings. The Labute approximate surface area is 110 Å². The van der Waals surface area contributed by atoms with Gasteiger partial charge in [-0.2, -0.15) is 0 Å². The Kier molecular flexibility index (Phi) is 4.25. The maximum absolute atomic E-state index is 5.37. The Morgan fingerprint density at radius 1 is 1.39 bits per heavy atom. The lowest BCUT2D eigenvalue weighted by Gasteiger charge is -2.37. The fraction of sp³-hybridized carbons (Fsp3) is 0.600. The second kappa shape index (κ2) is 5.72. The normalized spacial score (nSPS) is 22.7. The van der Waals surface area contributed by atoms with Crippen molar-refractivity contribution in [3.8, 4) is 5.75 Å². The molecule has 0 spiro atoms. The fourth-order valence-corrected chi connectivity index (χ4v) is 2.65. The molecule has 1 aliphatic rings. The molecule has 0 radical (unpaired) electrons. The Morgan fingerprint density at radius 2 is 2.17 bits per heavy atom. The summed E-state index contributed by atoms with van der Waals surface area (Å²) in [5.74, 6) is 0.971. The molecule has 1 saturated heterocycles. The summed E-state index contributed by atoms with van der Waals surface area (Å²) in [6.45, 7) is 6.51. The largest absolute Gasteiger partial charge is 0.496 e. The summed E-state index contributed by atoms with van der Waals surface area (Å²) in [6.07, 6.45) is 2.36. The van der Waals surface area contributed by atoms with Crippen molar-refractivity contribution < 1.29 is 4.74 Å². The number of methoxy groups -OCH3 is 1. The van der Waals surface area contributed by atoms with Gasteiger partial charge in [0, 0.05) is 23.7 Å². The first kappa shape index (κ1) is 13.4. The highest BCUT2D eigenvalue weighted by atomic mass is 16.5. The monoisotopic (exact) mass is 248 g/mol. The number of ether oxygens (including phenoxy) is 1. The predicted octanol–water partition coefficient (Wildman–Crippen LogP) is 2.32. The van der Waals surface area contributed by atoms with Crippen molar-refractivity contribution >= 4 is 0 Å². The van der Waals surface area contributed by atoms with Crippen LogP contribution in [0.1, 0.15) is 32.3 Å². The molecule has 1 aliphatic heterocycles. The first-order valence-electron chi connectivity index (χ1n) is 6.71. The molecule has 3 nitrogen and oxygen atoms in total. The number of hydrogen-bond acceptors (Lipinski definition) is 3. The van der Waals surface area contributed by atoms with E-state index in [1.165, 1.54) is 18.4 Å². The summed E-state index contributed by atoms with van der Waals surface area (Å²) in [4.78, 5) is 0. The van der Waals surface area contributed by atoms with Crippen molar-refractivity contribution in [3.05, 3.63) is 29.8 Å². The zero-order chi connectivity index (χ0) is 13.0.